The van der Waals surface area contributed by atoms with E-state index in [0.717, 1.165) is 5.56 Å². The van der Waals surface area contributed by atoms with Crippen LogP contribution in [0.25, 0.3) is 0 Å². The molecule has 0 bridgehead atoms. The first-order valence-electron chi connectivity index (χ1n) is 6.37. The molecule has 0 heterocycles. The number of carbonyl (C=O) groups is 1. The Labute approximate surface area is 122 Å². The van der Waals surface area contributed by atoms with Crippen molar-refractivity contribution in [1.82, 2.24) is 0 Å². The first-order chi connectivity index (χ1) is 10.1. The van der Waals surface area contributed by atoms with Gasteiger partial charge in [0.25, 0.3) is 5.91 Å². The minimum atomic E-state index is -0.561. The zero-order valence-corrected chi connectivity index (χ0v) is 11.5. The summed E-state index contributed by atoms with van der Waals surface area (Å²) in [7, 11) is 0. The van der Waals surface area contributed by atoms with E-state index < -0.39 is 11.7 Å². The summed E-state index contributed by atoms with van der Waals surface area (Å²) >= 11 is 0. The number of hydrogen-bond donors (Lipinski definition) is 2. The van der Waals surface area contributed by atoms with E-state index >= 15 is 0 Å². The Balaban J connectivity index is 2.21. The third-order valence-corrected chi connectivity index (χ3v) is 2.80. The van der Waals surface area contributed by atoms with E-state index in [1.807, 2.05) is 0 Å². The molecule has 0 atom stereocenters. The molecule has 21 heavy (non-hydrogen) atoms. The number of nitrogens with one attached hydrogen (secondary N) is 1. The van der Waals surface area contributed by atoms with Crippen LogP contribution in [0.5, 0.6) is 0 Å². The fourth-order valence-corrected chi connectivity index (χ4v) is 1.83. The van der Waals surface area contributed by atoms with Crippen LogP contribution >= 0.6 is 0 Å². The van der Waals surface area contributed by atoms with Crippen molar-refractivity contribution in [3.8, 4) is 11.8 Å². The fourth-order valence-electron chi connectivity index (χ4n) is 1.83. The number of anilines is 1. The maximum absolute atomic E-state index is 13.7. The highest BCUT2D eigenvalue weighted by atomic mass is 19.1. The molecule has 0 fully saturated rings. The molecular weight excluding hydrogens is 269 g/mol. The number of rotatable bonds is 2. The van der Waals surface area contributed by atoms with E-state index in [9.17, 15) is 9.18 Å². The Bertz CT molecular complexity index is 729. The number of aliphatic hydroxyl groups excluding tert-OH is 1. The van der Waals surface area contributed by atoms with Crippen molar-refractivity contribution < 1.29 is 14.3 Å². The molecule has 0 aromatic heterocycles. The van der Waals surface area contributed by atoms with Crippen LogP contribution in [0, 0.1) is 24.6 Å². The normalized spacial score (nSPS) is 9.67. The zero-order valence-electron chi connectivity index (χ0n) is 11.5. The molecule has 0 aliphatic heterocycles. The molecule has 0 saturated heterocycles. The Morgan fingerprint density at radius 1 is 1.29 bits per heavy atom. The van der Waals surface area contributed by atoms with Gasteiger partial charge in [0.1, 0.15) is 12.4 Å². The van der Waals surface area contributed by atoms with E-state index in [-0.39, 0.29) is 12.2 Å². The molecule has 2 N–H and O–H groups in total. The van der Waals surface area contributed by atoms with Gasteiger partial charge in [-0.1, -0.05) is 29.5 Å². The second-order valence-corrected chi connectivity index (χ2v) is 4.48. The highest BCUT2D eigenvalue weighted by Crippen LogP contribution is 2.15. The van der Waals surface area contributed by atoms with Gasteiger partial charge >= 0.3 is 0 Å². The third-order valence-electron chi connectivity index (χ3n) is 2.80. The number of amides is 1. The van der Waals surface area contributed by atoms with Crippen molar-refractivity contribution in [3.05, 3.63) is 65.0 Å². The largest absolute Gasteiger partial charge is 0.384 e. The lowest BCUT2D eigenvalue weighted by Crippen LogP contribution is -2.14. The van der Waals surface area contributed by atoms with E-state index in [4.69, 9.17) is 5.11 Å². The highest BCUT2D eigenvalue weighted by molar-refractivity contribution is 6.04. The number of carbonyl (C=O) groups excluding carboxylic acids is 1. The lowest BCUT2D eigenvalue weighted by molar-refractivity contribution is 0.102. The van der Waals surface area contributed by atoms with Crippen LogP contribution in [0.4, 0.5) is 10.1 Å². The van der Waals surface area contributed by atoms with Gasteiger partial charge in [-0.05, 0) is 37.3 Å². The van der Waals surface area contributed by atoms with Crippen LogP contribution in [0.15, 0.2) is 42.5 Å². The van der Waals surface area contributed by atoms with Crippen LogP contribution in [0.1, 0.15) is 21.5 Å². The SMILES string of the molecule is Cc1ccc(F)c(C(=O)Nc2cccc(C#CCO)c2)c1. The number of aryl methyl sites for hydroxylation is 1. The average Bonchev–Trinajstić information content (AvgIpc) is 2.48. The Hall–Kier alpha value is -2.64. The maximum Gasteiger partial charge on any atom is 0.258 e. The predicted molar refractivity (Wildman–Crippen MR) is 79.5 cm³/mol. The minimum absolute atomic E-state index is 0.00171. The van der Waals surface area contributed by atoms with Crippen molar-refractivity contribution in [1.29, 1.82) is 0 Å². The van der Waals surface area contributed by atoms with Gasteiger partial charge < -0.3 is 10.4 Å². The number of halogens is 1. The van der Waals surface area contributed by atoms with E-state index in [1.165, 1.54) is 12.1 Å². The second-order valence-electron chi connectivity index (χ2n) is 4.48. The number of hydrogen-bond acceptors (Lipinski definition) is 2. The van der Waals surface area contributed by atoms with Gasteiger partial charge in [-0.3, -0.25) is 4.79 Å². The minimum Gasteiger partial charge on any atom is -0.384 e. The van der Waals surface area contributed by atoms with Crippen molar-refractivity contribution in [2.24, 2.45) is 0 Å². The summed E-state index contributed by atoms with van der Waals surface area (Å²) in [5.41, 5.74) is 1.99. The molecule has 4 heteroatoms. The number of benzene rings is 2. The van der Waals surface area contributed by atoms with Crippen molar-refractivity contribution in [2.45, 2.75) is 6.92 Å². The van der Waals surface area contributed by atoms with E-state index in [2.05, 4.69) is 17.2 Å². The van der Waals surface area contributed by atoms with Gasteiger partial charge in [-0.2, -0.15) is 0 Å². The van der Waals surface area contributed by atoms with E-state index in [0.29, 0.717) is 11.3 Å². The number of aliphatic hydroxyl groups is 1. The summed E-state index contributed by atoms with van der Waals surface area (Å²) < 4.78 is 13.7. The molecule has 1 amide bonds. The summed E-state index contributed by atoms with van der Waals surface area (Å²) in [5.74, 6) is 4.20. The molecule has 0 unspecified atom stereocenters. The summed E-state index contributed by atoms with van der Waals surface area (Å²) in [6.45, 7) is 1.56. The lowest BCUT2D eigenvalue weighted by atomic mass is 10.1. The van der Waals surface area contributed by atoms with Crippen LogP contribution in [-0.2, 0) is 0 Å². The van der Waals surface area contributed by atoms with Crippen LogP contribution in [0.3, 0.4) is 0 Å². The molecule has 0 spiro atoms. The summed E-state index contributed by atoms with van der Waals surface area (Å²) in [5, 5.41) is 11.3. The standard InChI is InChI=1S/C17H14FNO2/c1-12-7-8-16(18)15(10-12)17(21)19-14-6-2-4-13(11-14)5-3-9-20/h2,4,6-8,10-11,20H,9H2,1H3,(H,19,21). The Kier molecular flexibility index (Phi) is 4.70. The molecule has 2 rings (SSSR count). The van der Waals surface area contributed by atoms with Crippen molar-refractivity contribution in [2.75, 3.05) is 11.9 Å². The van der Waals surface area contributed by atoms with Gasteiger partial charge in [-0.15, -0.1) is 0 Å². The molecule has 2 aromatic rings. The molecule has 0 saturated carbocycles. The average molecular weight is 283 g/mol. The van der Waals surface area contributed by atoms with Gasteiger partial charge in [0.05, 0.1) is 5.56 Å². The fraction of sp³-hybridized carbons (Fsp3) is 0.118. The van der Waals surface area contributed by atoms with Crippen molar-refractivity contribution >= 4 is 11.6 Å². The van der Waals surface area contributed by atoms with E-state index in [1.54, 1.807) is 37.3 Å². The monoisotopic (exact) mass is 283 g/mol. The van der Waals surface area contributed by atoms with Crippen LogP contribution in [-0.4, -0.2) is 17.6 Å². The molecule has 3 nitrogen and oxygen atoms in total. The topological polar surface area (TPSA) is 49.3 Å². The van der Waals surface area contributed by atoms with Gasteiger partial charge in [0.2, 0.25) is 0 Å². The smallest absolute Gasteiger partial charge is 0.258 e. The molecule has 106 valence electrons. The maximum atomic E-state index is 13.7. The summed E-state index contributed by atoms with van der Waals surface area (Å²) in [6, 6.07) is 11.2. The highest BCUT2D eigenvalue weighted by Gasteiger charge is 2.12. The molecule has 0 radical (unpaired) electrons. The van der Waals surface area contributed by atoms with Crippen LogP contribution in [0.2, 0.25) is 0 Å². The molecule has 0 aliphatic carbocycles. The Morgan fingerprint density at radius 3 is 2.86 bits per heavy atom. The third kappa shape index (κ3) is 3.91. The summed E-state index contributed by atoms with van der Waals surface area (Å²) in [4.78, 5) is 12.1. The van der Waals surface area contributed by atoms with Gasteiger partial charge in [0.15, 0.2) is 0 Å². The van der Waals surface area contributed by atoms with Gasteiger partial charge in [-0.25, -0.2) is 4.39 Å². The lowest BCUT2D eigenvalue weighted by Gasteiger charge is -2.07. The zero-order chi connectivity index (χ0) is 15.2. The first kappa shape index (κ1) is 14.8. The quantitative estimate of drug-likeness (QED) is 0.833. The van der Waals surface area contributed by atoms with Crippen molar-refractivity contribution in [3.63, 3.8) is 0 Å². The molecule has 0 aliphatic rings. The van der Waals surface area contributed by atoms with Gasteiger partial charge in [0, 0.05) is 11.3 Å². The molecular formula is C17H14FNO2. The second kappa shape index (κ2) is 6.69. The molecule has 2 aromatic carbocycles. The first-order valence-corrected chi connectivity index (χ1v) is 6.37. The van der Waals surface area contributed by atoms with Crippen LogP contribution < -0.4 is 5.32 Å². The summed E-state index contributed by atoms with van der Waals surface area (Å²) in [6.07, 6.45) is 0. The Morgan fingerprint density at radius 2 is 2.10 bits per heavy atom. The predicted octanol–water partition coefficient (Wildman–Crippen LogP) is 2.73.